The highest BCUT2D eigenvalue weighted by Crippen LogP contribution is 2.28. The average Bonchev–Trinajstić information content (AvgIpc) is 3.22. The van der Waals surface area contributed by atoms with E-state index < -0.39 is 0 Å². The van der Waals surface area contributed by atoms with Gasteiger partial charge in [-0.25, -0.2) is 0 Å². The first-order chi connectivity index (χ1) is 11.2. The fourth-order valence-corrected chi connectivity index (χ4v) is 3.97. The quantitative estimate of drug-likeness (QED) is 0.826. The molecule has 0 unspecified atom stereocenters. The molecule has 0 spiro atoms. The maximum atomic E-state index is 12.6. The summed E-state index contributed by atoms with van der Waals surface area (Å²) in [4.78, 5) is 29.5. The van der Waals surface area contributed by atoms with Gasteiger partial charge in [-0.1, -0.05) is 12.1 Å². The molecule has 3 rings (SSSR count). The van der Waals surface area contributed by atoms with E-state index in [1.807, 2.05) is 4.90 Å². The van der Waals surface area contributed by atoms with Gasteiger partial charge < -0.3 is 14.5 Å². The number of carbonyl (C=O) groups is 2. The number of amides is 2. The number of methoxy groups -OCH3 is 1. The van der Waals surface area contributed by atoms with E-state index in [1.54, 1.807) is 23.3 Å². The predicted octanol–water partition coefficient (Wildman–Crippen LogP) is 1.86. The summed E-state index contributed by atoms with van der Waals surface area (Å²) in [5.41, 5.74) is 1.33. The second-order valence-corrected chi connectivity index (χ2v) is 6.92. The SMILES string of the molecule is COCCN1C[C@H](C(=O)N2CC=C(c3cccs3)CC2)CC1=O. The maximum Gasteiger partial charge on any atom is 0.228 e. The number of nitrogens with zero attached hydrogens (tertiary/aromatic N) is 2. The standard InChI is InChI=1S/C17H22N2O3S/c1-22-9-8-19-12-14(11-16(19)20)17(21)18-6-4-13(5-7-18)15-3-2-10-23-15/h2-4,10,14H,5-9,11-12H2,1H3/t14-/m1/s1. The molecule has 6 heteroatoms. The van der Waals surface area contributed by atoms with Gasteiger partial charge in [0.2, 0.25) is 11.8 Å². The second-order valence-electron chi connectivity index (χ2n) is 5.97. The molecule has 1 aromatic rings. The fourth-order valence-electron chi connectivity index (χ4n) is 3.17. The third-order valence-electron chi connectivity index (χ3n) is 4.49. The summed E-state index contributed by atoms with van der Waals surface area (Å²) in [5.74, 6) is -0.0250. The number of hydrogen-bond donors (Lipinski definition) is 0. The van der Waals surface area contributed by atoms with Crippen LogP contribution in [0.3, 0.4) is 0 Å². The van der Waals surface area contributed by atoms with Crippen LogP contribution in [0.5, 0.6) is 0 Å². The Bertz CT molecular complexity index is 597. The summed E-state index contributed by atoms with van der Waals surface area (Å²) < 4.78 is 5.02. The summed E-state index contributed by atoms with van der Waals surface area (Å²) in [6, 6.07) is 4.18. The Labute approximate surface area is 140 Å². The molecule has 0 bridgehead atoms. The average molecular weight is 334 g/mol. The lowest BCUT2D eigenvalue weighted by Gasteiger charge is -2.28. The summed E-state index contributed by atoms with van der Waals surface area (Å²) in [6.45, 7) is 3.00. The molecule has 1 saturated heterocycles. The molecule has 5 nitrogen and oxygen atoms in total. The molecule has 0 aliphatic carbocycles. The van der Waals surface area contributed by atoms with Crippen molar-refractivity contribution in [1.82, 2.24) is 9.80 Å². The van der Waals surface area contributed by atoms with Crippen LogP contribution in [0.15, 0.2) is 23.6 Å². The lowest BCUT2D eigenvalue weighted by atomic mass is 10.0. The van der Waals surface area contributed by atoms with E-state index in [2.05, 4.69) is 23.6 Å². The van der Waals surface area contributed by atoms with Crippen LogP contribution in [-0.4, -0.2) is 61.5 Å². The zero-order chi connectivity index (χ0) is 16.2. The second kappa shape index (κ2) is 7.27. The summed E-state index contributed by atoms with van der Waals surface area (Å²) in [7, 11) is 1.62. The molecule has 2 aliphatic rings. The summed E-state index contributed by atoms with van der Waals surface area (Å²) in [6.07, 6.45) is 3.37. The maximum absolute atomic E-state index is 12.6. The van der Waals surface area contributed by atoms with Crippen LogP contribution in [0.1, 0.15) is 17.7 Å². The molecule has 2 amide bonds. The molecule has 124 valence electrons. The first kappa shape index (κ1) is 16.2. The summed E-state index contributed by atoms with van der Waals surface area (Å²) in [5, 5.41) is 2.08. The van der Waals surface area contributed by atoms with E-state index in [9.17, 15) is 9.59 Å². The molecule has 0 aromatic carbocycles. The number of hydrogen-bond acceptors (Lipinski definition) is 4. The van der Waals surface area contributed by atoms with E-state index in [-0.39, 0.29) is 17.7 Å². The van der Waals surface area contributed by atoms with Crippen molar-refractivity contribution in [2.24, 2.45) is 5.92 Å². The minimum absolute atomic E-state index is 0.0622. The first-order valence-electron chi connectivity index (χ1n) is 7.97. The third-order valence-corrected chi connectivity index (χ3v) is 5.43. The van der Waals surface area contributed by atoms with Gasteiger partial charge in [-0.15, -0.1) is 11.3 Å². The van der Waals surface area contributed by atoms with Crippen molar-refractivity contribution >= 4 is 28.7 Å². The van der Waals surface area contributed by atoms with Gasteiger partial charge in [0.05, 0.1) is 12.5 Å². The third kappa shape index (κ3) is 3.64. The Morgan fingerprint density at radius 2 is 2.35 bits per heavy atom. The topological polar surface area (TPSA) is 49.9 Å². The van der Waals surface area contributed by atoms with Crippen LogP contribution in [0, 0.1) is 5.92 Å². The van der Waals surface area contributed by atoms with Gasteiger partial charge in [0.1, 0.15) is 0 Å². The summed E-state index contributed by atoms with van der Waals surface area (Å²) >= 11 is 1.74. The fraction of sp³-hybridized carbons (Fsp3) is 0.529. The van der Waals surface area contributed by atoms with Crippen LogP contribution in [-0.2, 0) is 14.3 Å². The Balaban J connectivity index is 1.57. The van der Waals surface area contributed by atoms with Gasteiger partial charge in [0.25, 0.3) is 0 Å². The highest BCUT2D eigenvalue weighted by atomic mass is 32.1. The Morgan fingerprint density at radius 3 is 3.00 bits per heavy atom. The van der Waals surface area contributed by atoms with Crippen molar-refractivity contribution in [2.45, 2.75) is 12.8 Å². The van der Waals surface area contributed by atoms with E-state index in [4.69, 9.17) is 4.74 Å². The molecule has 3 heterocycles. The first-order valence-corrected chi connectivity index (χ1v) is 8.85. The van der Waals surface area contributed by atoms with Gasteiger partial charge in [0, 0.05) is 44.6 Å². The lowest BCUT2D eigenvalue weighted by Crippen LogP contribution is -2.40. The monoisotopic (exact) mass is 334 g/mol. The molecule has 0 saturated carbocycles. The van der Waals surface area contributed by atoms with Crippen LogP contribution in [0.4, 0.5) is 0 Å². The normalized spacial score (nSPS) is 21.7. The van der Waals surface area contributed by atoms with Crippen molar-refractivity contribution in [3.63, 3.8) is 0 Å². The molecule has 1 aromatic heterocycles. The predicted molar refractivity (Wildman–Crippen MR) is 90.1 cm³/mol. The van der Waals surface area contributed by atoms with Gasteiger partial charge in [-0.05, 0) is 23.4 Å². The van der Waals surface area contributed by atoms with Gasteiger partial charge >= 0.3 is 0 Å². The van der Waals surface area contributed by atoms with Gasteiger partial charge in [0.15, 0.2) is 0 Å². The minimum atomic E-state index is -0.198. The molecule has 2 aliphatic heterocycles. The lowest BCUT2D eigenvalue weighted by molar-refractivity contribution is -0.135. The molecule has 0 radical (unpaired) electrons. The number of likely N-dealkylation sites (tertiary alicyclic amines) is 1. The zero-order valence-corrected chi connectivity index (χ0v) is 14.2. The van der Waals surface area contributed by atoms with Crippen LogP contribution < -0.4 is 0 Å². The smallest absolute Gasteiger partial charge is 0.228 e. The molecular weight excluding hydrogens is 312 g/mol. The van der Waals surface area contributed by atoms with Gasteiger partial charge in [-0.2, -0.15) is 0 Å². The highest BCUT2D eigenvalue weighted by Gasteiger charge is 2.36. The molecular formula is C17H22N2O3S. The van der Waals surface area contributed by atoms with Crippen LogP contribution in [0.25, 0.3) is 5.57 Å². The number of rotatable bonds is 5. The molecule has 1 atom stereocenters. The number of ether oxygens (including phenoxy) is 1. The Kier molecular flexibility index (Phi) is 5.13. The highest BCUT2D eigenvalue weighted by molar-refractivity contribution is 7.11. The Morgan fingerprint density at radius 1 is 1.48 bits per heavy atom. The zero-order valence-electron chi connectivity index (χ0n) is 13.4. The van der Waals surface area contributed by atoms with E-state index in [1.165, 1.54) is 10.5 Å². The van der Waals surface area contributed by atoms with E-state index in [0.717, 1.165) is 13.0 Å². The van der Waals surface area contributed by atoms with Gasteiger partial charge in [-0.3, -0.25) is 9.59 Å². The number of carbonyl (C=O) groups excluding carboxylic acids is 2. The van der Waals surface area contributed by atoms with Crippen molar-refractivity contribution in [1.29, 1.82) is 0 Å². The minimum Gasteiger partial charge on any atom is -0.383 e. The Hall–Kier alpha value is -1.66. The molecule has 0 N–H and O–H groups in total. The number of thiophene rings is 1. The van der Waals surface area contributed by atoms with Crippen molar-refractivity contribution in [3.05, 3.63) is 28.5 Å². The van der Waals surface area contributed by atoms with Crippen molar-refractivity contribution in [3.8, 4) is 0 Å². The van der Waals surface area contributed by atoms with Crippen LogP contribution >= 0.6 is 11.3 Å². The van der Waals surface area contributed by atoms with E-state index in [0.29, 0.717) is 32.7 Å². The van der Waals surface area contributed by atoms with Crippen molar-refractivity contribution in [2.75, 3.05) is 39.9 Å². The molecule has 1 fully saturated rings. The van der Waals surface area contributed by atoms with Crippen molar-refractivity contribution < 1.29 is 14.3 Å². The van der Waals surface area contributed by atoms with E-state index >= 15 is 0 Å². The van der Waals surface area contributed by atoms with Crippen LogP contribution in [0.2, 0.25) is 0 Å². The molecule has 23 heavy (non-hydrogen) atoms. The largest absolute Gasteiger partial charge is 0.383 e.